The van der Waals surface area contributed by atoms with E-state index in [4.69, 9.17) is 27.9 Å². The van der Waals surface area contributed by atoms with Crippen LogP contribution in [0, 0.1) is 0 Å². The highest BCUT2D eigenvalue weighted by molar-refractivity contribution is 6.18. The van der Waals surface area contributed by atoms with Gasteiger partial charge in [-0.3, -0.25) is 0 Å². The Balaban J connectivity index is 3.93. The number of rotatable bonds is 7. The van der Waals surface area contributed by atoms with Crippen molar-refractivity contribution in [3.05, 3.63) is 12.3 Å². The molecule has 0 unspecified atom stereocenters. The Labute approximate surface area is 94.6 Å². The zero-order chi connectivity index (χ0) is 10.8. The molecule has 0 heterocycles. The molecule has 0 aliphatic carbocycles. The Hall–Kier alpha value is -0.410. The molecule has 0 rings (SSSR count). The summed E-state index contributed by atoms with van der Waals surface area (Å²) in [5, 5.41) is 0. The fourth-order valence-electron chi connectivity index (χ4n) is 0.835. The standard InChI is InChI=1S/C9H15Cl2NO2/c1-2-14-9(13)3-6-12(7-4-10)8-5-11/h3,6H,2,4-5,7-8H2,1H3/b6-3+. The van der Waals surface area contributed by atoms with E-state index in [1.807, 2.05) is 4.90 Å². The van der Waals surface area contributed by atoms with Crippen molar-refractivity contribution in [2.24, 2.45) is 0 Å². The fraction of sp³-hybridized carbons (Fsp3) is 0.667. The molecule has 0 fully saturated rings. The summed E-state index contributed by atoms with van der Waals surface area (Å²) >= 11 is 11.1. The van der Waals surface area contributed by atoms with Gasteiger partial charge in [-0.15, -0.1) is 23.2 Å². The maximum atomic E-state index is 11.0. The van der Waals surface area contributed by atoms with Crippen LogP contribution in [0.15, 0.2) is 12.3 Å². The number of hydrogen-bond acceptors (Lipinski definition) is 3. The van der Waals surface area contributed by atoms with Gasteiger partial charge in [0.15, 0.2) is 0 Å². The Morgan fingerprint density at radius 2 is 1.93 bits per heavy atom. The van der Waals surface area contributed by atoms with Crippen molar-refractivity contribution in [2.45, 2.75) is 6.92 Å². The van der Waals surface area contributed by atoms with Crippen LogP contribution in [0.25, 0.3) is 0 Å². The highest BCUT2D eigenvalue weighted by Crippen LogP contribution is 1.94. The van der Waals surface area contributed by atoms with Crippen LogP contribution in [0.1, 0.15) is 6.92 Å². The van der Waals surface area contributed by atoms with Crippen LogP contribution in [0.2, 0.25) is 0 Å². The smallest absolute Gasteiger partial charge is 0.332 e. The molecule has 0 aromatic rings. The third-order valence-corrected chi connectivity index (χ3v) is 1.79. The van der Waals surface area contributed by atoms with Crippen molar-refractivity contribution in [1.82, 2.24) is 4.90 Å². The Kier molecular flexibility index (Phi) is 8.89. The molecule has 0 N–H and O–H groups in total. The van der Waals surface area contributed by atoms with Crippen LogP contribution < -0.4 is 0 Å². The molecule has 3 nitrogen and oxygen atoms in total. The van der Waals surface area contributed by atoms with Gasteiger partial charge in [0.2, 0.25) is 0 Å². The highest BCUT2D eigenvalue weighted by Gasteiger charge is 1.99. The van der Waals surface area contributed by atoms with Gasteiger partial charge in [0.05, 0.1) is 6.61 Å². The van der Waals surface area contributed by atoms with Crippen molar-refractivity contribution in [3.63, 3.8) is 0 Å². The quantitative estimate of drug-likeness (QED) is 0.386. The van der Waals surface area contributed by atoms with Crippen molar-refractivity contribution < 1.29 is 9.53 Å². The van der Waals surface area contributed by atoms with Crippen LogP contribution in [0.3, 0.4) is 0 Å². The predicted octanol–water partition coefficient (Wildman–Crippen LogP) is 1.84. The molecule has 14 heavy (non-hydrogen) atoms. The lowest BCUT2D eigenvalue weighted by Gasteiger charge is -2.16. The maximum absolute atomic E-state index is 11.0. The van der Waals surface area contributed by atoms with Gasteiger partial charge < -0.3 is 9.64 Å². The molecule has 0 saturated heterocycles. The van der Waals surface area contributed by atoms with E-state index in [0.29, 0.717) is 31.5 Å². The highest BCUT2D eigenvalue weighted by atomic mass is 35.5. The molecular weight excluding hydrogens is 225 g/mol. The number of esters is 1. The lowest BCUT2D eigenvalue weighted by atomic mass is 10.5. The third-order valence-electron chi connectivity index (χ3n) is 1.45. The van der Waals surface area contributed by atoms with Crippen molar-refractivity contribution >= 4 is 29.2 Å². The molecule has 0 aliphatic heterocycles. The molecule has 0 aliphatic rings. The summed E-state index contributed by atoms with van der Waals surface area (Å²) < 4.78 is 4.73. The summed E-state index contributed by atoms with van der Waals surface area (Å²) in [7, 11) is 0. The van der Waals surface area contributed by atoms with Crippen LogP contribution in [-0.2, 0) is 9.53 Å². The van der Waals surface area contributed by atoms with Gasteiger partial charge in [-0.1, -0.05) is 0 Å². The molecule has 0 saturated carbocycles. The van der Waals surface area contributed by atoms with Gasteiger partial charge in [-0.2, -0.15) is 0 Å². The molecule has 0 aromatic carbocycles. The van der Waals surface area contributed by atoms with Crippen LogP contribution >= 0.6 is 23.2 Å². The van der Waals surface area contributed by atoms with Gasteiger partial charge in [0.1, 0.15) is 0 Å². The van der Waals surface area contributed by atoms with E-state index >= 15 is 0 Å². The number of carbonyl (C=O) groups is 1. The molecule has 5 heteroatoms. The summed E-state index contributed by atoms with van der Waals surface area (Å²) in [4.78, 5) is 12.8. The van der Waals surface area contributed by atoms with Gasteiger partial charge >= 0.3 is 5.97 Å². The number of nitrogens with zero attached hydrogens (tertiary/aromatic N) is 1. The van der Waals surface area contributed by atoms with E-state index in [-0.39, 0.29) is 5.97 Å². The third kappa shape index (κ3) is 7.04. The molecule has 0 atom stereocenters. The van der Waals surface area contributed by atoms with E-state index in [0.717, 1.165) is 0 Å². The number of hydrogen-bond donors (Lipinski definition) is 0. The summed E-state index contributed by atoms with van der Waals surface area (Å²) in [5.41, 5.74) is 0. The molecule has 0 amide bonds. The Morgan fingerprint density at radius 3 is 2.36 bits per heavy atom. The second-order valence-electron chi connectivity index (χ2n) is 2.48. The zero-order valence-electron chi connectivity index (χ0n) is 8.21. The molecule has 0 bridgehead atoms. The van der Waals surface area contributed by atoms with Gasteiger partial charge in [0.25, 0.3) is 0 Å². The van der Waals surface area contributed by atoms with Crippen molar-refractivity contribution in [2.75, 3.05) is 31.5 Å². The number of alkyl halides is 2. The number of ether oxygens (including phenoxy) is 1. The van der Waals surface area contributed by atoms with Gasteiger partial charge in [0, 0.05) is 37.1 Å². The first kappa shape index (κ1) is 13.6. The zero-order valence-corrected chi connectivity index (χ0v) is 9.72. The van der Waals surface area contributed by atoms with Crippen LogP contribution in [0.4, 0.5) is 0 Å². The number of halogens is 2. The molecule has 0 radical (unpaired) electrons. The molecular formula is C9H15Cl2NO2. The number of carbonyl (C=O) groups excluding carboxylic acids is 1. The lowest BCUT2D eigenvalue weighted by Crippen LogP contribution is -2.22. The minimum absolute atomic E-state index is 0.346. The Morgan fingerprint density at radius 1 is 1.36 bits per heavy atom. The van der Waals surface area contributed by atoms with Crippen molar-refractivity contribution in [1.29, 1.82) is 0 Å². The first-order chi connectivity index (χ1) is 6.74. The molecule has 0 spiro atoms. The minimum atomic E-state index is -0.346. The average molecular weight is 240 g/mol. The minimum Gasteiger partial charge on any atom is -0.463 e. The topological polar surface area (TPSA) is 29.5 Å². The summed E-state index contributed by atoms with van der Waals surface area (Å²) in [6, 6.07) is 0. The first-order valence-corrected chi connectivity index (χ1v) is 5.52. The van der Waals surface area contributed by atoms with E-state index < -0.39 is 0 Å². The summed E-state index contributed by atoms with van der Waals surface area (Å²) in [5.74, 6) is 0.662. The van der Waals surface area contributed by atoms with Crippen molar-refractivity contribution in [3.8, 4) is 0 Å². The summed E-state index contributed by atoms with van der Waals surface area (Å²) in [6.07, 6.45) is 3.03. The second-order valence-corrected chi connectivity index (χ2v) is 3.24. The largest absolute Gasteiger partial charge is 0.463 e. The first-order valence-electron chi connectivity index (χ1n) is 4.45. The Bertz CT molecular complexity index is 180. The second kappa shape index (κ2) is 9.16. The van der Waals surface area contributed by atoms with Gasteiger partial charge in [-0.05, 0) is 6.92 Å². The average Bonchev–Trinajstić information content (AvgIpc) is 2.15. The van der Waals surface area contributed by atoms with Crippen LogP contribution in [0.5, 0.6) is 0 Å². The maximum Gasteiger partial charge on any atom is 0.332 e. The molecule has 0 aromatic heterocycles. The lowest BCUT2D eigenvalue weighted by molar-refractivity contribution is -0.137. The fourth-order valence-corrected chi connectivity index (χ4v) is 1.27. The SMILES string of the molecule is CCOC(=O)/C=C/N(CCCl)CCCl. The predicted molar refractivity (Wildman–Crippen MR) is 58.8 cm³/mol. The van der Waals surface area contributed by atoms with E-state index in [1.54, 1.807) is 13.1 Å². The van der Waals surface area contributed by atoms with Crippen LogP contribution in [-0.4, -0.2) is 42.3 Å². The van der Waals surface area contributed by atoms with E-state index in [9.17, 15) is 4.79 Å². The molecule has 82 valence electrons. The normalized spacial score (nSPS) is 10.5. The van der Waals surface area contributed by atoms with E-state index in [1.165, 1.54) is 6.08 Å². The summed E-state index contributed by atoms with van der Waals surface area (Å²) in [6.45, 7) is 3.49. The van der Waals surface area contributed by atoms with Gasteiger partial charge in [-0.25, -0.2) is 4.79 Å². The monoisotopic (exact) mass is 239 g/mol. The van der Waals surface area contributed by atoms with E-state index in [2.05, 4.69) is 0 Å².